The van der Waals surface area contributed by atoms with Crippen molar-refractivity contribution >= 4 is 28.3 Å². The molecule has 0 saturated heterocycles. The predicted octanol–water partition coefficient (Wildman–Crippen LogP) is 3.94. The number of fused-ring (bicyclic) bond motifs is 1. The van der Waals surface area contributed by atoms with Gasteiger partial charge in [-0.05, 0) is 30.2 Å². The highest BCUT2D eigenvalue weighted by molar-refractivity contribution is 5.96. The van der Waals surface area contributed by atoms with Gasteiger partial charge in [0.2, 0.25) is 0 Å². The van der Waals surface area contributed by atoms with Crippen LogP contribution in [0.15, 0.2) is 36.8 Å². The van der Waals surface area contributed by atoms with E-state index >= 15 is 0 Å². The molecule has 0 radical (unpaired) electrons. The lowest BCUT2D eigenvalue weighted by Crippen LogP contribution is -2.12. The molecule has 0 bridgehead atoms. The van der Waals surface area contributed by atoms with Gasteiger partial charge in [-0.25, -0.2) is 15.0 Å². The molecule has 0 aliphatic carbocycles. The standard InChI is InChI=1S/C24H27N7O2/c1-14-7-8-15(10-19(32)18-11-20(24(2,3)4)30-31(18)5)9-16(14)28-22-21-17(26-13-27-22)12-25-23(29-21)33-6/h7-9,11-13H,10H2,1-6H3,(H,26,27,28). The monoisotopic (exact) mass is 445 g/mol. The fourth-order valence-electron chi connectivity index (χ4n) is 3.44. The van der Waals surface area contributed by atoms with Crippen molar-refractivity contribution < 1.29 is 9.53 Å². The van der Waals surface area contributed by atoms with Gasteiger partial charge in [0, 0.05) is 24.6 Å². The summed E-state index contributed by atoms with van der Waals surface area (Å²) in [7, 11) is 3.32. The van der Waals surface area contributed by atoms with Crippen LogP contribution in [0.3, 0.4) is 0 Å². The van der Waals surface area contributed by atoms with Crippen LogP contribution in [0, 0.1) is 6.92 Å². The topological polar surface area (TPSA) is 108 Å². The molecule has 1 N–H and O–H groups in total. The molecular formula is C24H27N7O2. The third-order valence-corrected chi connectivity index (χ3v) is 5.39. The SMILES string of the molecule is COc1ncc2ncnc(Nc3cc(CC(=O)c4cc(C(C)(C)C)nn4C)ccc3C)c2n1. The summed E-state index contributed by atoms with van der Waals surface area (Å²) in [5.74, 6) is 0.550. The smallest absolute Gasteiger partial charge is 0.316 e. The summed E-state index contributed by atoms with van der Waals surface area (Å²) in [5.41, 5.74) is 5.25. The van der Waals surface area contributed by atoms with E-state index in [2.05, 4.69) is 51.1 Å². The van der Waals surface area contributed by atoms with Gasteiger partial charge in [-0.15, -0.1) is 0 Å². The second kappa shape index (κ2) is 8.57. The van der Waals surface area contributed by atoms with Crippen LogP contribution in [0.2, 0.25) is 0 Å². The first-order valence-electron chi connectivity index (χ1n) is 10.6. The lowest BCUT2D eigenvalue weighted by molar-refractivity contribution is 0.0984. The van der Waals surface area contributed by atoms with Gasteiger partial charge in [-0.1, -0.05) is 32.9 Å². The van der Waals surface area contributed by atoms with Gasteiger partial charge in [-0.2, -0.15) is 10.1 Å². The van der Waals surface area contributed by atoms with E-state index in [9.17, 15) is 4.79 Å². The Labute approximate surface area is 192 Å². The molecule has 0 aliphatic heterocycles. The van der Waals surface area contributed by atoms with E-state index in [-0.39, 0.29) is 23.6 Å². The maximum Gasteiger partial charge on any atom is 0.316 e. The van der Waals surface area contributed by atoms with Gasteiger partial charge in [0.1, 0.15) is 23.1 Å². The molecule has 0 spiro atoms. The highest BCUT2D eigenvalue weighted by atomic mass is 16.5. The minimum atomic E-state index is -0.121. The Morgan fingerprint density at radius 1 is 1.15 bits per heavy atom. The largest absolute Gasteiger partial charge is 0.467 e. The number of nitrogens with zero attached hydrogens (tertiary/aromatic N) is 6. The van der Waals surface area contributed by atoms with Crippen LogP contribution < -0.4 is 10.1 Å². The van der Waals surface area contributed by atoms with Crippen molar-refractivity contribution in [1.82, 2.24) is 29.7 Å². The summed E-state index contributed by atoms with van der Waals surface area (Å²) >= 11 is 0. The van der Waals surface area contributed by atoms with Crippen LogP contribution in [0.5, 0.6) is 6.01 Å². The number of ether oxygens (including phenoxy) is 1. The van der Waals surface area contributed by atoms with Gasteiger partial charge in [-0.3, -0.25) is 9.48 Å². The molecule has 0 unspecified atom stereocenters. The number of methoxy groups -OCH3 is 1. The van der Waals surface area contributed by atoms with Crippen molar-refractivity contribution in [2.24, 2.45) is 7.05 Å². The van der Waals surface area contributed by atoms with E-state index in [0.29, 0.717) is 22.5 Å². The Balaban J connectivity index is 1.61. The van der Waals surface area contributed by atoms with Crippen molar-refractivity contribution in [1.29, 1.82) is 0 Å². The van der Waals surface area contributed by atoms with E-state index in [1.54, 1.807) is 17.9 Å². The van der Waals surface area contributed by atoms with Gasteiger partial charge in [0.15, 0.2) is 11.6 Å². The first-order valence-corrected chi connectivity index (χ1v) is 10.6. The molecule has 3 aromatic heterocycles. The summed E-state index contributed by atoms with van der Waals surface area (Å²) in [6.45, 7) is 8.24. The Morgan fingerprint density at radius 2 is 1.94 bits per heavy atom. The third-order valence-electron chi connectivity index (χ3n) is 5.39. The molecule has 0 saturated carbocycles. The molecule has 3 heterocycles. The number of anilines is 2. The van der Waals surface area contributed by atoms with E-state index in [1.807, 2.05) is 31.2 Å². The second-order valence-corrected chi connectivity index (χ2v) is 8.98. The highest BCUT2D eigenvalue weighted by Gasteiger charge is 2.22. The number of hydrogen-bond donors (Lipinski definition) is 1. The van der Waals surface area contributed by atoms with E-state index in [0.717, 1.165) is 22.5 Å². The minimum absolute atomic E-state index is 0.0141. The Kier molecular flexibility index (Phi) is 5.80. The number of benzene rings is 1. The van der Waals surface area contributed by atoms with Crippen LogP contribution in [0.1, 0.15) is 48.1 Å². The molecule has 0 amide bonds. The minimum Gasteiger partial charge on any atom is -0.467 e. The predicted molar refractivity (Wildman–Crippen MR) is 126 cm³/mol. The van der Waals surface area contributed by atoms with Gasteiger partial charge < -0.3 is 10.1 Å². The average molecular weight is 446 g/mol. The maximum absolute atomic E-state index is 13.0. The molecule has 33 heavy (non-hydrogen) atoms. The Hall–Kier alpha value is -3.88. The lowest BCUT2D eigenvalue weighted by atomic mass is 9.92. The molecule has 0 fully saturated rings. The molecule has 170 valence electrons. The van der Waals surface area contributed by atoms with Crippen LogP contribution >= 0.6 is 0 Å². The number of nitrogens with one attached hydrogen (secondary N) is 1. The zero-order valence-electron chi connectivity index (χ0n) is 19.7. The lowest BCUT2D eigenvalue weighted by Gasteiger charge is -2.13. The van der Waals surface area contributed by atoms with Crippen molar-refractivity contribution in [3.8, 4) is 6.01 Å². The third kappa shape index (κ3) is 4.67. The quantitative estimate of drug-likeness (QED) is 0.445. The average Bonchev–Trinajstić information content (AvgIpc) is 3.18. The molecule has 0 atom stereocenters. The first kappa shape index (κ1) is 22.3. The first-order chi connectivity index (χ1) is 15.7. The number of ketones is 1. The van der Waals surface area contributed by atoms with Gasteiger partial charge >= 0.3 is 6.01 Å². The van der Waals surface area contributed by atoms with Crippen LogP contribution in [-0.4, -0.2) is 42.6 Å². The number of hydrogen-bond acceptors (Lipinski definition) is 8. The summed E-state index contributed by atoms with van der Waals surface area (Å²) < 4.78 is 6.80. The maximum atomic E-state index is 13.0. The number of Topliss-reactive ketones (excluding diaryl/α,β-unsaturated/α-hetero) is 1. The van der Waals surface area contributed by atoms with E-state index in [1.165, 1.54) is 13.4 Å². The second-order valence-electron chi connectivity index (χ2n) is 8.98. The number of carbonyl (C=O) groups is 1. The fourth-order valence-corrected chi connectivity index (χ4v) is 3.44. The normalized spacial score (nSPS) is 11.6. The van der Waals surface area contributed by atoms with Crippen molar-refractivity contribution in [2.75, 3.05) is 12.4 Å². The van der Waals surface area contributed by atoms with Crippen molar-refractivity contribution in [2.45, 2.75) is 39.5 Å². The molecule has 1 aromatic carbocycles. The number of rotatable bonds is 6. The van der Waals surface area contributed by atoms with E-state index < -0.39 is 0 Å². The number of aromatic nitrogens is 6. The number of carbonyl (C=O) groups excluding carboxylic acids is 1. The molecule has 9 heteroatoms. The zero-order valence-corrected chi connectivity index (χ0v) is 19.7. The van der Waals surface area contributed by atoms with Gasteiger partial charge in [0.05, 0.1) is 19.0 Å². The molecule has 4 rings (SSSR count). The van der Waals surface area contributed by atoms with Crippen LogP contribution in [0.4, 0.5) is 11.5 Å². The summed E-state index contributed by atoms with van der Waals surface area (Å²) in [6.07, 6.45) is 3.31. The molecule has 0 aliphatic rings. The van der Waals surface area contributed by atoms with Crippen molar-refractivity contribution in [3.05, 3.63) is 59.3 Å². The zero-order chi connectivity index (χ0) is 23.8. The fraction of sp³-hybridized carbons (Fsp3) is 0.333. The Bertz CT molecular complexity index is 1340. The molecular weight excluding hydrogens is 418 g/mol. The summed E-state index contributed by atoms with van der Waals surface area (Å²) in [5, 5.41) is 7.85. The van der Waals surface area contributed by atoms with Crippen LogP contribution in [-0.2, 0) is 18.9 Å². The van der Waals surface area contributed by atoms with Gasteiger partial charge in [0.25, 0.3) is 0 Å². The number of aryl methyl sites for hydroxylation is 2. The van der Waals surface area contributed by atoms with E-state index in [4.69, 9.17) is 4.74 Å². The Morgan fingerprint density at radius 3 is 2.64 bits per heavy atom. The molecule has 9 nitrogen and oxygen atoms in total. The van der Waals surface area contributed by atoms with Crippen molar-refractivity contribution in [3.63, 3.8) is 0 Å². The molecule has 4 aromatic rings. The highest BCUT2D eigenvalue weighted by Crippen LogP contribution is 2.26. The summed E-state index contributed by atoms with van der Waals surface area (Å²) in [6, 6.07) is 8.02. The van der Waals surface area contributed by atoms with Crippen LogP contribution in [0.25, 0.3) is 11.0 Å². The summed E-state index contributed by atoms with van der Waals surface area (Å²) in [4.78, 5) is 30.1.